The molecule has 1 aromatic rings. The Labute approximate surface area is 155 Å². The molecule has 0 aromatic heterocycles. The fourth-order valence-corrected chi connectivity index (χ4v) is 4.17. The van der Waals surface area contributed by atoms with Crippen molar-refractivity contribution in [3.05, 3.63) is 29.3 Å². The summed E-state index contributed by atoms with van der Waals surface area (Å²) in [6, 6.07) is 4.80. The van der Waals surface area contributed by atoms with Crippen molar-refractivity contribution < 1.29 is 17.9 Å². The summed E-state index contributed by atoms with van der Waals surface area (Å²) in [5.74, 6) is -0.260. The summed E-state index contributed by atoms with van der Waals surface area (Å²) in [7, 11) is -1.76. The molecule has 7 nitrogen and oxygen atoms in total. The van der Waals surface area contributed by atoms with E-state index in [4.69, 9.17) is 4.74 Å². The number of hydrogen-bond acceptors (Lipinski definition) is 5. The highest BCUT2D eigenvalue weighted by Gasteiger charge is 2.28. The minimum Gasteiger partial charge on any atom is -0.379 e. The highest BCUT2D eigenvalue weighted by molar-refractivity contribution is 7.89. The molecule has 1 aliphatic heterocycles. The van der Waals surface area contributed by atoms with E-state index < -0.39 is 10.0 Å². The third-order valence-electron chi connectivity index (χ3n) is 3.93. The number of halogens is 1. The molecule has 2 rings (SSSR count). The van der Waals surface area contributed by atoms with E-state index in [2.05, 4.69) is 10.6 Å². The molecule has 2 N–H and O–H groups in total. The van der Waals surface area contributed by atoms with Gasteiger partial charge in [0.15, 0.2) is 0 Å². The van der Waals surface area contributed by atoms with Crippen LogP contribution in [0.3, 0.4) is 0 Å². The van der Waals surface area contributed by atoms with Crippen molar-refractivity contribution in [3.63, 3.8) is 0 Å². The van der Waals surface area contributed by atoms with Crippen molar-refractivity contribution in [2.45, 2.75) is 18.2 Å². The van der Waals surface area contributed by atoms with Crippen LogP contribution in [0, 0.1) is 6.92 Å². The number of nitrogens with one attached hydrogen (secondary N) is 2. The molecule has 0 unspecified atom stereocenters. The molecule has 9 heteroatoms. The summed E-state index contributed by atoms with van der Waals surface area (Å²) in [5, 5.41) is 5.81. The summed E-state index contributed by atoms with van der Waals surface area (Å²) >= 11 is 0. The standard InChI is InChI=1S/C16H25N3O4S.ClH/c1-13-4-5-14(16(20)18-7-3-6-17-2)12-15(13)24(21,22)19-8-10-23-11-9-19;/h4-5,12,17H,3,6-11H2,1-2H3,(H,18,20);1H. The van der Waals surface area contributed by atoms with Gasteiger partial charge in [-0.25, -0.2) is 8.42 Å². The molecule has 1 amide bonds. The molecule has 0 radical (unpaired) electrons. The molecule has 1 heterocycles. The minimum atomic E-state index is -3.61. The number of ether oxygens (including phenoxy) is 1. The molecular weight excluding hydrogens is 366 g/mol. The number of rotatable bonds is 7. The lowest BCUT2D eigenvalue weighted by Crippen LogP contribution is -2.41. The number of hydrogen-bond donors (Lipinski definition) is 2. The number of amides is 1. The zero-order valence-corrected chi connectivity index (χ0v) is 16.2. The SMILES string of the molecule is CNCCCNC(=O)c1ccc(C)c(S(=O)(=O)N2CCOCC2)c1.Cl. The zero-order valence-electron chi connectivity index (χ0n) is 14.6. The summed E-state index contributed by atoms with van der Waals surface area (Å²) in [6.07, 6.45) is 0.813. The first kappa shape index (κ1) is 21.9. The van der Waals surface area contributed by atoms with Crippen molar-refractivity contribution in [1.82, 2.24) is 14.9 Å². The Morgan fingerprint density at radius 1 is 1.24 bits per heavy atom. The van der Waals surface area contributed by atoms with E-state index >= 15 is 0 Å². The van der Waals surface area contributed by atoms with E-state index in [9.17, 15) is 13.2 Å². The Morgan fingerprint density at radius 2 is 1.92 bits per heavy atom. The summed E-state index contributed by atoms with van der Waals surface area (Å²) in [5.41, 5.74) is 0.991. The average Bonchev–Trinajstić information content (AvgIpc) is 2.59. The molecule has 0 spiro atoms. The van der Waals surface area contributed by atoms with Crippen LogP contribution >= 0.6 is 12.4 Å². The van der Waals surface area contributed by atoms with Crippen molar-refractivity contribution in [2.24, 2.45) is 0 Å². The molecule has 142 valence electrons. The lowest BCUT2D eigenvalue weighted by atomic mass is 10.1. The number of morpholine rings is 1. The van der Waals surface area contributed by atoms with Crippen molar-refractivity contribution in [1.29, 1.82) is 0 Å². The van der Waals surface area contributed by atoms with Crippen LogP contribution in [-0.4, -0.2) is 65.1 Å². The molecule has 1 aliphatic rings. The lowest BCUT2D eigenvalue weighted by molar-refractivity contribution is 0.0730. The fraction of sp³-hybridized carbons (Fsp3) is 0.562. The van der Waals surface area contributed by atoms with Gasteiger partial charge in [-0.15, -0.1) is 12.4 Å². The van der Waals surface area contributed by atoms with Crippen molar-refractivity contribution >= 4 is 28.3 Å². The number of carbonyl (C=O) groups excluding carboxylic acids is 1. The first-order chi connectivity index (χ1) is 11.5. The number of benzene rings is 1. The molecule has 1 saturated heterocycles. The Balaban J connectivity index is 0.00000312. The fourth-order valence-electron chi connectivity index (χ4n) is 2.51. The molecule has 1 aromatic carbocycles. The molecule has 0 aliphatic carbocycles. The van der Waals surface area contributed by atoms with Gasteiger partial charge in [0.05, 0.1) is 18.1 Å². The predicted octanol–water partition coefficient (Wildman–Crippen LogP) is 0.777. The topological polar surface area (TPSA) is 87.7 Å². The molecule has 0 saturated carbocycles. The van der Waals surface area contributed by atoms with E-state index in [1.54, 1.807) is 19.1 Å². The highest BCUT2D eigenvalue weighted by atomic mass is 35.5. The van der Waals surface area contributed by atoms with Crippen LogP contribution < -0.4 is 10.6 Å². The Bertz CT molecular complexity index is 676. The van der Waals surface area contributed by atoms with Gasteiger partial charge in [0.25, 0.3) is 5.91 Å². The van der Waals surface area contributed by atoms with E-state index in [-0.39, 0.29) is 23.2 Å². The first-order valence-corrected chi connectivity index (χ1v) is 9.52. The van der Waals surface area contributed by atoms with E-state index in [0.29, 0.717) is 44.0 Å². The largest absolute Gasteiger partial charge is 0.379 e. The Morgan fingerprint density at radius 3 is 2.56 bits per heavy atom. The van der Waals surface area contributed by atoms with Crippen molar-refractivity contribution in [2.75, 3.05) is 46.4 Å². The third-order valence-corrected chi connectivity index (χ3v) is 5.97. The average molecular weight is 392 g/mol. The lowest BCUT2D eigenvalue weighted by Gasteiger charge is -2.26. The summed E-state index contributed by atoms with van der Waals surface area (Å²) in [4.78, 5) is 12.4. The van der Waals surface area contributed by atoms with Gasteiger partial charge < -0.3 is 15.4 Å². The summed E-state index contributed by atoms with van der Waals surface area (Å²) in [6.45, 7) is 4.55. The van der Waals surface area contributed by atoms with Gasteiger partial charge in [-0.05, 0) is 44.6 Å². The van der Waals surface area contributed by atoms with Gasteiger partial charge >= 0.3 is 0 Å². The second-order valence-corrected chi connectivity index (χ2v) is 7.62. The smallest absolute Gasteiger partial charge is 0.251 e. The molecule has 0 atom stereocenters. The highest BCUT2D eigenvalue weighted by Crippen LogP contribution is 2.22. The number of sulfonamides is 1. The second kappa shape index (κ2) is 10.1. The van der Waals surface area contributed by atoms with Gasteiger partial charge in [-0.1, -0.05) is 6.07 Å². The first-order valence-electron chi connectivity index (χ1n) is 8.08. The van der Waals surface area contributed by atoms with Gasteiger partial charge in [0.2, 0.25) is 10.0 Å². The third kappa shape index (κ3) is 5.65. The normalized spacial score (nSPS) is 15.4. The van der Waals surface area contributed by atoms with Crippen LogP contribution in [0.15, 0.2) is 23.1 Å². The maximum Gasteiger partial charge on any atom is 0.251 e. The van der Waals surface area contributed by atoms with Crippen LogP contribution in [0.2, 0.25) is 0 Å². The van der Waals surface area contributed by atoms with E-state index in [1.807, 2.05) is 7.05 Å². The molecule has 25 heavy (non-hydrogen) atoms. The van der Waals surface area contributed by atoms with Gasteiger partial charge in [-0.3, -0.25) is 4.79 Å². The maximum absolute atomic E-state index is 12.8. The predicted molar refractivity (Wildman–Crippen MR) is 98.9 cm³/mol. The maximum atomic E-state index is 12.8. The van der Waals surface area contributed by atoms with Crippen LogP contribution in [0.25, 0.3) is 0 Å². The molecular formula is C16H26ClN3O4S. The van der Waals surface area contributed by atoms with Crippen LogP contribution in [0.5, 0.6) is 0 Å². The minimum absolute atomic E-state index is 0. The van der Waals surface area contributed by atoms with Gasteiger partial charge in [0, 0.05) is 25.2 Å². The Kier molecular flexibility index (Phi) is 8.81. The monoisotopic (exact) mass is 391 g/mol. The van der Waals surface area contributed by atoms with Crippen LogP contribution in [0.4, 0.5) is 0 Å². The molecule has 0 bridgehead atoms. The number of aryl methyl sites for hydroxylation is 1. The van der Waals surface area contributed by atoms with E-state index in [1.165, 1.54) is 10.4 Å². The number of nitrogens with zero attached hydrogens (tertiary/aromatic N) is 1. The van der Waals surface area contributed by atoms with Crippen LogP contribution in [-0.2, 0) is 14.8 Å². The Hall–Kier alpha value is -1.19. The number of carbonyl (C=O) groups is 1. The molecule has 1 fully saturated rings. The summed E-state index contributed by atoms with van der Waals surface area (Å²) < 4.78 is 32.2. The van der Waals surface area contributed by atoms with Crippen LogP contribution in [0.1, 0.15) is 22.3 Å². The van der Waals surface area contributed by atoms with E-state index in [0.717, 1.165) is 13.0 Å². The zero-order chi connectivity index (χ0) is 17.6. The van der Waals surface area contributed by atoms with Crippen molar-refractivity contribution in [3.8, 4) is 0 Å². The second-order valence-electron chi connectivity index (χ2n) is 5.71. The van der Waals surface area contributed by atoms with Gasteiger partial charge in [0.1, 0.15) is 0 Å². The quantitative estimate of drug-likeness (QED) is 0.670. The van der Waals surface area contributed by atoms with Gasteiger partial charge in [-0.2, -0.15) is 4.31 Å².